The summed E-state index contributed by atoms with van der Waals surface area (Å²) in [5.41, 5.74) is 1.16. The summed E-state index contributed by atoms with van der Waals surface area (Å²) in [5, 5.41) is 7.69. The van der Waals surface area contributed by atoms with Crippen molar-refractivity contribution < 1.29 is 4.79 Å². The van der Waals surface area contributed by atoms with E-state index in [9.17, 15) is 4.79 Å². The maximum atomic E-state index is 11.6. The minimum atomic E-state index is 0.241. The van der Waals surface area contributed by atoms with Crippen molar-refractivity contribution in [2.45, 2.75) is 38.8 Å². The maximum absolute atomic E-state index is 11.6. The molecule has 1 fully saturated rings. The molecule has 1 aromatic heterocycles. The predicted molar refractivity (Wildman–Crippen MR) is 70.0 cm³/mol. The van der Waals surface area contributed by atoms with Crippen LogP contribution in [0, 0.1) is 0 Å². The van der Waals surface area contributed by atoms with E-state index in [0.717, 1.165) is 25.2 Å². The molecule has 1 N–H and O–H groups in total. The molecule has 1 saturated heterocycles. The van der Waals surface area contributed by atoms with E-state index in [4.69, 9.17) is 0 Å². The third kappa shape index (κ3) is 2.90. The fraction of sp³-hybridized carbons (Fsp3) is 0.692. The van der Waals surface area contributed by atoms with Crippen LogP contribution in [0.15, 0.2) is 12.3 Å². The van der Waals surface area contributed by atoms with E-state index < -0.39 is 0 Å². The highest BCUT2D eigenvalue weighted by molar-refractivity contribution is 5.78. The molecule has 0 saturated carbocycles. The van der Waals surface area contributed by atoms with Gasteiger partial charge in [0.05, 0.1) is 5.69 Å². The van der Waals surface area contributed by atoms with Crippen LogP contribution in [0.3, 0.4) is 0 Å². The van der Waals surface area contributed by atoms with Crippen LogP contribution in [0.5, 0.6) is 0 Å². The van der Waals surface area contributed by atoms with Crippen molar-refractivity contribution in [2.75, 3.05) is 13.1 Å². The van der Waals surface area contributed by atoms with Gasteiger partial charge in [-0.15, -0.1) is 0 Å². The number of aromatic nitrogens is 2. The summed E-state index contributed by atoms with van der Waals surface area (Å²) in [6.45, 7) is 5.95. The first-order valence-electron chi connectivity index (χ1n) is 6.59. The number of rotatable bonds is 5. The lowest BCUT2D eigenvalue weighted by Crippen LogP contribution is -2.41. The number of aryl methyl sites for hydroxylation is 1. The van der Waals surface area contributed by atoms with Crippen molar-refractivity contribution in [3.05, 3.63) is 18.0 Å². The van der Waals surface area contributed by atoms with Crippen molar-refractivity contribution in [1.82, 2.24) is 20.0 Å². The monoisotopic (exact) mass is 250 g/mol. The highest BCUT2D eigenvalue weighted by atomic mass is 16.2. The molecule has 5 heteroatoms. The summed E-state index contributed by atoms with van der Waals surface area (Å²) in [6, 6.07) is 2.55. The Kier molecular flexibility index (Phi) is 4.01. The maximum Gasteiger partial charge on any atom is 0.222 e. The van der Waals surface area contributed by atoms with Crippen molar-refractivity contribution in [3.8, 4) is 0 Å². The van der Waals surface area contributed by atoms with Gasteiger partial charge in [-0.1, -0.05) is 0 Å². The quantitative estimate of drug-likeness (QED) is 0.851. The van der Waals surface area contributed by atoms with Crippen LogP contribution in [0.4, 0.5) is 0 Å². The van der Waals surface area contributed by atoms with Crippen molar-refractivity contribution in [1.29, 1.82) is 0 Å². The third-order valence-corrected chi connectivity index (χ3v) is 3.50. The first kappa shape index (κ1) is 13.1. The smallest absolute Gasteiger partial charge is 0.222 e. The van der Waals surface area contributed by atoms with Gasteiger partial charge in [-0.3, -0.25) is 9.48 Å². The fourth-order valence-corrected chi connectivity index (χ4v) is 2.60. The summed E-state index contributed by atoms with van der Waals surface area (Å²) in [6.07, 6.45) is 3.52. The highest BCUT2D eigenvalue weighted by Gasteiger charge is 2.22. The average Bonchev–Trinajstić information content (AvgIpc) is 2.88. The first-order valence-corrected chi connectivity index (χ1v) is 6.59. The standard InChI is InChI=1S/C13H22N4O/c1-10(9-17-8-4-5-13(17)18)15-11(2)12-6-7-14-16(12)3/h6-7,10-11,15H,4-5,8-9H2,1-3H3. The number of carbonyl (C=O) groups is 1. The second-order valence-corrected chi connectivity index (χ2v) is 5.11. The Morgan fingerprint density at radius 3 is 2.83 bits per heavy atom. The van der Waals surface area contributed by atoms with Gasteiger partial charge >= 0.3 is 0 Å². The normalized spacial score (nSPS) is 19.3. The Morgan fingerprint density at radius 2 is 2.28 bits per heavy atom. The Labute approximate surface area is 108 Å². The van der Waals surface area contributed by atoms with Crippen LogP contribution in [0.1, 0.15) is 38.4 Å². The van der Waals surface area contributed by atoms with Gasteiger partial charge in [-0.2, -0.15) is 5.10 Å². The van der Waals surface area contributed by atoms with Crippen LogP contribution < -0.4 is 5.32 Å². The number of amides is 1. The third-order valence-electron chi connectivity index (χ3n) is 3.50. The molecule has 2 heterocycles. The molecule has 1 aliphatic rings. The van der Waals surface area contributed by atoms with E-state index in [0.29, 0.717) is 6.42 Å². The number of hydrogen-bond donors (Lipinski definition) is 1. The van der Waals surface area contributed by atoms with Crippen LogP contribution in [0.2, 0.25) is 0 Å². The number of nitrogens with zero attached hydrogens (tertiary/aromatic N) is 3. The van der Waals surface area contributed by atoms with E-state index in [1.807, 2.05) is 28.9 Å². The molecule has 1 amide bonds. The summed E-state index contributed by atoms with van der Waals surface area (Å²) < 4.78 is 1.88. The zero-order chi connectivity index (χ0) is 13.1. The number of nitrogens with one attached hydrogen (secondary N) is 1. The van der Waals surface area contributed by atoms with Gasteiger partial charge in [0, 0.05) is 44.8 Å². The first-order chi connectivity index (χ1) is 8.58. The molecule has 5 nitrogen and oxygen atoms in total. The van der Waals surface area contributed by atoms with Crippen LogP contribution in [-0.4, -0.2) is 39.7 Å². The van der Waals surface area contributed by atoms with Gasteiger partial charge in [0.15, 0.2) is 0 Å². The summed E-state index contributed by atoms with van der Waals surface area (Å²) in [7, 11) is 1.95. The van der Waals surface area contributed by atoms with Crippen LogP contribution in [0.25, 0.3) is 0 Å². The highest BCUT2D eigenvalue weighted by Crippen LogP contribution is 2.13. The number of likely N-dealkylation sites (tertiary alicyclic amines) is 1. The van der Waals surface area contributed by atoms with E-state index in [1.165, 1.54) is 0 Å². The number of carbonyl (C=O) groups excluding carboxylic acids is 1. The molecular formula is C13H22N4O. The van der Waals surface area contributed by atoms with Gasteiger partial charge in [-0.25, -0.2) is 0 Å². The second kappa shape index (κ2) is 5.52. The van der Waals surface area contributed by atoms with E-state index in [1.54, 1.807) is 0 Å². The minimum Gasteiger partial charge on any atom is -0.341 e. The van der Waals surface area contributed by atoms with E-state index in [-0.39, 0.29) is 18.0 Å². The molecule has 18 heavy (non-hydrogen) atoms. The average molecular weight is 250 g/mol. The summed E-state index contributed by atoms with van der Waals surface area (Å²) >= 11 is 0. The van der Waals surface area contributed by atoms with Crippen molar-refractivity contribution in [3.63, 3.8) is 0 Å². The Morgan fingerprint density at radius 1 is 1.50 bits per heavy atom. The van der Waals surface area contributed by atoms with Crippen molar-refractivity contribution in [2.24, 2.45) is 7.05 Å². The fourth-order valence-electron chi connectivity index (χ4n) is 2.60. The van der Waals surface area contributed by atoms with Gasteiger partial charge < -0.3 is 10.2 Å². The Bertz CT molecular complexity index is 415. The Hall–Kier alpha value is -1.36. The van der Waals surface area contributed by atoms with Crippen LogP contribution in [-0.2, 0) is 11.8 Å². The molecule has 100 valence electrons. The minimum absolute atomic E-state index is 0.241. The lowest BCUT2D eigenvalue weighted by molar-refractivity contribution is -0.127. The summed E-state index contributed by atoms with van der Waals surface area (Å²) in [4.78, 5) is 13.5. The van der Waals surface area contributed by atoms with Gasteiger partial charge in [0.1, 0.15) is 0 Å². The van der Waals surface area contributed by atoms with Gasteiger partial charge in [-0.05, 0) is 26.3 Å². The predicted octanol–water partition coefficient (Wildman–Crippen LogP) is 1.08. The SMILES string of the molecule is CC(CN1CCCC1=O)NC(C)c1ccnn1C. The number of hydrogen-bond acceptors (Lipinski definition) is 3. The largest absolute Gasteiger partial charge is 0.341 e. The molecule has 0 aliphatic carbocycles. The molecule has 0 bridgehead atoms. The lowest BCUT2D eigenvalue weighted by Gasteiger charge is -2.25. The summed E-state index contributed by atoms with van der Waals surface area (Å²) in [5.74, 6) is 0.289. The molecule has 1 aromatic rings. The molecule has 2 atom stereocenters. The van der Waals surface area contributed by atoms with Gasteiger partial charge in [0.25, 0.3) is 0 Å². The van der Waals surface area contributed by atoms with Crippen LogP contribution >= 0.6 is 0 Å². The van der Waals surface area contributed by atoms with Crippen molar-refractivity contribution >= 4 is 5.91 Å². The van der Waals surface area contributed by atoms with Gasteiger partial charge in [0.2, 0.25) is 5.91 Å². The van der Waals surface area contributed by atoms with E-state index in [2.05, 4.69) is 24.3 Å². The molecule has 0 spiro atoms. The molecule has 0 radical (unpaired) electrons. The molecule has 2 unspecified atom stereocenters. The molecular weight excluding hydrogens is 228 g/mol. The topological polar surface area (TPSA) is 50.2 Å². The second-order valence-electron chi connectivity index (χ2n) is 5.11. The Balaban J connectivity index is 1.85. The molecule has 1 aliphatic heterocycles. The zero-order valence-corrected chi connectivity index (χ0v) is 11.4. The molecule has 0 aromatic carbocycles. The lowest BCUT2D eigenvalue weighted by atomic mass is 10.2. The molecule has 2 rings (SSSR count). The zero-order valence-electron chi connectivity index (χ0n) is 11.4. The van der Waals surface area contributed by atoms with E-state index >= 15 is 0 Å².